The van der Waals surface area contributed by atoms with E-state index in [1.807, 2.05) is 36.0 Å². The van der Waals surface area contributed by atoms with Crippen LogP contribution in [-0.4, -0.2) is 37.6 Å². The first kappa shape index (κ1) is 21.9. The first-order chi connectivity index (χ1) is 16.5. The highest BCUT2D eigenvalue weighted by atomic mass is 16.7. The van der Waals surface area contributed by atoms with E-state index in [-0.39, 0.29) is 6.04 Å². The van der Waals surface area contributed by atoms with Crippen molar-refractivity contribution in [3.05, 3.63) is 60.3 Å². The fourth-order valence-corrected chi connectivity index (χ4v) is 3.85. The average molecular weight is 462 g/mol. The van der Waals surface area contributed by atoms with Gasteiger partial charge in [0, 0.05) is 47.9 Å². The second kappa shape index (κ2) is 9.14. The molecule has 10 heteroatoms. The molecule has 1 saturated carbocycles. The molecule has 176 valence electrons. The topological polar surface area (TPSA) is 108 Å². The molecule has 1 aromatic carbocycles. The minimum atomic E-state index is -0.605. The van der Waals surface area contributed by atoms with E-state index in [1.54, 1.807) is 18.3 Å². The Kier molecular flexibility index (Phi) is 5.89. The highest BCUT2D eigenvalue weighted by Gasteiger charge is 2.29. The Morgan fingerprint density at radius 1 is 1.18 bits per heavy atom. The normalized spacial score (nSPS) is 13.4. The molecule has 3 heterocycles. The van der Waals surface area contributed by atoms with Crippen molar-refractivity contribution in [3.63, 3.8) is 0 Å². The Morgan fingerprint density at radius 2 is 2.03 bits per heavy atom. The lowest BCUT2D eigenvalue weighted by atomic mass is 10.2. The summed E-state index contributed by atoms with van der Waals surface area (Å²) in [5.41, 5.74) is 2.72. The molecule has 0 spiro atoms. The summed E-state index contributed by atoms with van der Waals surface area (Å²) in [7, 11) is 1.85. The zero-order chi connectivity index (χ0) is 23.7. The molecule has 1 aliphatic rings. The van der Waals surface area contributed by atoms with Gasteiger partial charge in [-0.2, -0.15) is 9.83 Å². The number of nitrogens with zero attached hydrogens (tertiary/aromatic N) is 5. The van der Waals surface area contributed by atoms with E-state index in [0.29, 0.717) is 29.9 Å². The lowest BCUT2D eigenvalue weighted by molar-refractivity contribution is 0.153. The van der Waals surface area contributed by atoms with Gasteiger partial charge in [0.25, 0.3) is 0 Å². The van der Waals surface area contributed by atoms with Crippen LogP contribution in [0.2, 0.25) is 0 Å². The number of hydrogen-bond donors (Lipinski definition) is 2. The van der Waals surface area contributed by atoms with Crippen molar-refractivity contribution in [1.82, 2.24) is 29.8 Å². The molecule has 5 rings (SSSR count). The van der Waals surface area contributed by atoms with E-state index in [0.717, 1.165) is 35.1 Å². The summed E-state index contributed by atoms with van der Waals surface area (Å²) in [4.78, 5) is 26.4. The lowest BCUT2D eigenvalue weighted by Gasteiger charge is -2.09. The number of ether oxygens (including phenoxy) is 1. The number of benzene rings is 1. The van der Waals surface area contributed by atoms with Gasteiger partial charge >= 0.3 is 6.09 Å². The van der Waals surface area contributed by atoms with Gasteiger partial charge in [0.2, 0.25) is 5.88 Å². The molecule has 0 radical (unpaired) electrons. The summed E-state index contributed by atoms with van der Waals surface area (Å²) in [6.07, 6.45) is 4.88. The quantitative estimate of drug-likeness (QED) is 0.404. The number of fused-ring (bicyclic) bond motifs is 1. The number of amides is 1. The van der Waals surface area contributed by atoms with Crippen LogP contribution < -0.4 is 20.2 Å². The molecule has 0 aliphatic heterocycles. The number of hydrogen-bond acceptors (Lipinski definition) is 7. The van der Waals surface area contributed by atoms with E-state index in [9.17, 15) is 4.79 Å². The van der Waals surface area contributed by atoms with Crippen LogP contribution in [0.15, 0.2) is 48.9 Å². The van der Waals surface area contributed by atoms with Gasteiger partial charge in [-0.1, -0.05) is 0 Å². The summed E-state index contributed by atoms with van der Waals surface area (Å²) in [5, 5.41) is 11.2. The number of nitrogens with one attached hydrogen (secondary N) is 2. The standard InChI is InChI=1S/C24H27N7O3/c1-15(2)31-21(16-4-5-16)12-22(29-31)28-24(32)34-30-9-8-17-10-19(6-7-20(17)30)33-23-11-18(13-25-3)26-14-27-23/h6-12,14-16,25H,4-5,13H2,1-3H3,(H,28,29,32). The van der Waals surface area contributed by atoms with Crippen LogP contribution >= 0.6 is 0 Å². The maximum Gasteiger partial charge on any atom is 0.437 e. The summed E-state index contributed by atoms with van der Waals surface area (Å²) >= 11 is 0. The smallest absolute Gasteiger partial charge is 0.437 e. The van der Waals surface area contributed by atoms with Gasteiger partial charge < -0.3 is 14.9 Å². The molecule has 10 nitrogen and oxygen atoms in total. The number of aromatic nitrogens is 5. The first-order valence-electron chi connectivity index (χ1n) is 11.3. The van der Waals surface area contributed by atoms with Gasteiger partial charge in [0.15, 0.2) is 5.82 Å². The molecular weight excluding hydrogens is 434 g/mol. The first-order valence-corrected chi connectivity index (χ1v) is 11.3. The van der Waals surface area contributed by atoms with Crippen molar-refractivity contribution in [2.75, 3.05) is 12.4 Å². The maximum atomic E-state index is 12.5. The molecule has 0 unspecified atom stereocenters. The second-order valence-corrected chi connectivity index (χ2v) is 8.61. The van der Waals surface area contributed by atoms with Crippen LogP contribution in [0.4, 0.5) is 10.6 Å². The van der Waals surface area contributed by atoms with Crippen LogP contribution in [0.1, 0.15) is 50.0 Å². The van der Waals surface area contributed by atoms with Crippen molar-refractivity contribution in [2.45, 2.75) is 45.2 Å². The van der Waals surface area contributed by atoms with Crippen LogP contribution in [0.3, 0.4) is 0 Å². The predicted molar refractivity (Wildman–Crippen MR) is 127 cm³/mol. The molecule has 34 heavy (non-hydrogen) atoms. The van der Waals surface area contributed by atoms with E-state index >= 15 is 0 Å². The monoisotopic (exact) mass is 461 g/mol. The fraction of sp³-hybridized carbons (Fsp3) is 0.333. The van der Waals surface area contributed by atoms with E-state index in [4.69, 9.17) is 9.57 Å². The third-order valence-electron chi connectivity index (χ3n) is 5.57. The van der Waals surface area contributed by atoms with Gasteiger partial charge in [0.05, 0.1) is 11.2 Å². The third kappa shape index (κ3) is 4.72. The molecule has 0 atom stereocenters. The van der Waals surface area contributed by atoms with Crippen LogP contribution in [0.5, 0.6) is 11.6 Å². The summed E-state index contributed by atoms with van der Waals surface area (Å²) in [6, 6.07) is 11.3. The number of rotatable bonds is 8. The van der Waals surface area contributed by atoms with Crippen molar-refractivity contribution in [2.24, 2.45) is 0 Å². The second-order valence-electron chi connectivity index (χ2n) is 8.61. The zero-order valence-corrected chi connectivity index (χ0v) is 19.4. The van der Waals surface area contributed by atoms with Crippen molar-refractivity contribution in [3.8, 4) is 11.6 Å². The van der Waals surface area contributed by atoms with Gasteiger partial charge in [-0.15, -0.1) is 0 Å². The van der Waals surface area contributed by atoms with Gasteiger partial charge in [-0.05, 0) is 58.0 Å². The highest BCUT2D eigenvalue weighted by Crippen LogP contribution is 2.41. The minimum absolute atomic E-state index is 0.226. The highest BCUT2D eigenvalue weighted by molar-refractivity contribution is 5.86. The van der Waals surface area contributed by atoms with Crippen molar-refractivity contribution < 1.29 is 14.4 Å². The van der Waals surface area contributed by atoms with Crippen molar-refractivity contribution in [1.29, 1.82) is 0 Å². The summed E-state index contributed by atoms with van der Waals surface area (Å²) in [6.45, 7) is 4.79. The Labute approximate surface area is 196 Å². The van der Waals surface area contributed by atoms with Crippen LogP contribution in [0, 0.1) is 0 Å². The molecular formula is C24H27N7O3. The molecule has 3 aromatic heterocycles. The van der Waals surface area contributed by atoms with Crippen LogP contribution in [0.25, 0.3) is 10.9 Å². The molecule has 0 saturated heterocycles. The van der Waals surface area contributed by atoms with E-state index in [1.165, 1.54) is 11.1 Å². The minimum Gasteiger partial charge on any atom is -0.439 e. The maximum absolute atomic E-state index is 12.5. The molecule has 1 fully saturated rings. The average Bonchev–Trinajstić information content (AvgIpc) is 3.45. The van der Waals surface area contributed by atoms with Crippen molar-refractivity contribution >= 4 is 22.8 Å². The summed E-state index contributed by atoms with van der Waals surface area (Å²) in [5.74, 6) is 2.11. The molecule has 1 aliphatic carbocycles. The zero-order valence-electron chi connectivity index (χ0n) is 19.4. The Morgan fingerprint density at radius 3 is 2.79 bits per heavy atom. The van der Waals surface area contributed by atoms with Crippen LogP contribution in [-0.2, 0) is 6.54 Å². The Hall–Kier alpha value is -3.92. The Balaban J connectivity index is 1.27. The van der Waals surface area contributed by atoms with Gasteiger partial charge in [-0.25, -0.2) is 14.8 Å². The fourth-order valence-electron chi connectivity index (χ4n) is 3.85. The lowest BCUT2D eigenvalue weighted by Crippen LogP contribution is -2.24. The largest absolute Gasteiger partial charge is 0.439 e. The number of carbonyl (C=O) groups is 1. The Bertz CT molecular complexity index is 1300. The third-order valence-corrected chi connectivity index (χ3v) is 5.57. The molecule has 1 amide bonds. The van der Waals surface area contributed by atoms with E-state index in [2.05, 4.69) is 39.5 Å². The molecule has 0 bridgehead atoms. The van der Waals surface area contributed by atoms with Gasteiger partial charge in [0.1, 0.15) is 12.1 Å². The number of carbonyl (C=O) groups excluding carboxylic acids is 1. The molecule has 4 aromatic rings. The summed E-state index contributed by atoms with van der Waals surface area (Å²) < 4.78 is 9.27. The SMILES string of the molecule is CNCc1cc(Oc2ccc3c(ccn3OC(=O)Nc3cc(C4CC4)n(C(C)C)n3)c2)ncn1. The predicted octanol–water partition coefficient (Wildman–Crippen LogP) is 4.26. The van der Waals surface area contributed by atoms with E-state index < -0.39 is 6.09 Å². The van der Waals surface area contributed by atoms with Gasteiger partial charge in [-0.3, -0.25) is 10.00 Å². The number of anilines is 1. The molecule has 2 N–H and O–H groups in total.